The van der Waals surface area contributed by atoms with E-state index in [9.17, 15) is 14.0 Å². The molecule has 0 unspecified atom stereocenters. The number of hydrogen-bond donors (Lipinski definition) is 2. The van der Waals surface area contributed by atoms with Crippen LogP contribution in [-0.2, 0) is 22.4 Å². The van der Waals surface area contributed by atoms with Gasteiger partial charge in [0.2, 0.25) is 5.91 Å². The highest BCUT2D eigenvalue weighted by molar-refractivity contribution is 5.96. The van der Waals surface area contributed by atoms with Crippen LogP contribution in [0.25, 0.3) is 0 Å². The maximum Gasteiger partial charge on any atom is 0.307 e. The van der Waals surface area contributed by atoms with Crippen LogP contribution in [0.2, 0.25) is 0 Å². The number of aliphatic carboxylic acids is 1. The Morgan fingerprint density at radius 2 is 1.65 bits per heavy atom. The summed E-state index contributed by atoms with van der Waals surface area (Å²) >= 11 is 0. The molecule has 2 N–H and O–H groups in total. The third-order valence-corrected chi connectivity index (χ3v) is 4.76. The molecular formula is C25H33FN2O3. The van der Waals surface area contributed by atoms with E-state index in [1.54, 1.807) is 31.2 Å². The van der Waals surface area contributed by atoms with Gasteiger partial charge in [0, 0.05) is 13.1 Å². The Morgan fingerprint density at radius 1 is 1.00 bits per heavy atom. The summed E-state index contributed by atoms with van der Waals surface area (Å²) in [6.45, 7) is 11.9. The van der Waals surface area contributed by atoms with Crippen molar-refractivity contribution in [3.05, 3.63) is 58.9 Å². The van der Waals surface area contributed by atoms with Crippen molar-refractivity contribution in [3.63, 3.8) is 0 Å². The number of nitrogens with zero attached hydrogens (tertiary/aromatic N) is 1. The molecule has 0 saturated heterocycles. The van der Waals surface area contributed by atoms with Crippen molar-refractivity contribution >= 4 is 23.3 Å². The van der Waals surface area contributed by atoms with Crippen LogP contribution in [0.5, 0.6) is 0 Å². The highest BCUT2D eigenvalue weighted by atomic mass is 19.1. The maximum atomic E-state index is 14.2. The molecule has 2 aromatic rings. The standard InChI is InChI=1S/C25H33FN2O3/c1-16(2)14-28(15-17(3)4)23-9-7-19(12-25(30)31)11-22(23)27-24(29)13-20-8-6-18(5)10-21(20)26/h6-11,16-17H,12-15H2,1-5H3,(H,27,29)(H,30,31). The normalized spacial score (nSPS) is 11.1. The molecule has 0 atom stereocenters. The molecule has 0 aliphatic carbocycles. The van der Waals surface area contributed by atoms with Gasteiger partial charge in [0.05, 0.1) is 24.2 Å². The number of nitrogens with one attached hydrogen (secondary N) is 1. The number of hydrogen-bond acceptors (Lipinski definition) is 3. The van der Waals surface area contributed by atoms with Gasteiger partial charge in [-0.1, -0.05) is 45.9 Å². The molecule has 168 valence electrons. The van der Waals surface area contributed by atoms with Crippen LogP contribution in [0.1, 0.15) is 44.4 Å². The van der Waals surface area contributed by atoms with Gasteiger partial charge in [-0.2, -0.15) is 0 Å². The summed E-state index contributed by atoms with van der Waals surface area (Å²) in [6, 6.07) is 10.2. The van der Waals surface area contributed by atoms with Crippen LogP contribution >= 0.6 is 0 Å². The van der Waals surface area contributed by atoms with Gasteiger partial charge in [0.1, 0.15) is 5.82 Å². The lowest BCUT2D eigenvalue weighted by Gasteiger charge is -2.30. The average molecular weight is 429 g/mol. The summed E-state index contributed by atoms with van der Waals surface area (Å²) in [4.78, 5) is 26.1. The predicted molar refractivity (Wildman–Crippen MR) is 123 cm³/mol. The average Bonchev–Trinajstić information content (AvgIpc) is 2.62. The van der Waals surface area contributed by atoms with Gasteiger partial charge >= 0.3 is 5.97 Å². The molecule has 0 aromatic heterocycles. The van der Waals surface area contributed by atoms with Gasteiger partial charge in [-0.3, -0.25) is 9.59 Å². The van der Waals surface area contributed by atoms with Gasteiger partial charge in [0.25, 0.3) is 0 Å². The van der Waals surface area contributed by atoms with Gasteiger partial charge < -0.3 is 15.3 Å². The van der Waals surface area contributed by atoms with E-state index in [0.29, 0.717) is 28.7 Å². The fourth-order valence-corrected chi connectivity index (χ4v) is 3.56. The quantitative estimate of drug-likeness (QED) is 0.555. The molecule has 0 spiro atoms. The van der Waals surface area contributed by atoms with E-state index in [4.69, 9.17) is 5.11 Å². The lowest BCUT2D eigenvalue weighted by molar-refractivity contribution is -0.136. The topological polar surface area (TPSA) is 69.6 Å². The number of anilines is 2. The Balaban J connectivity index is 2.35. The molecule has 0 radical (unpaired) electrons. The third kappa shape index (κ3) is 7.70. The van der Waals surface area contributed by atoms with Crippen molar-refractivity contribution in [1.29, 1.82) is 0 Å². The molecule has 0 heterocycles. The van der Waals surface area contributed by atoms with Gasteiger partial charge in [0.15, 0.2) is 0 Å². The largest absolute Gasteiger partial charge is 0.481 e. The highest BCUT2D eigenvalue weighted by Gasteiger charge is 2.18. The smallest absolute Gasteiger partial charge is 0.307 e. The summed E-state index contributed by atoms with van der Waals surface area (Å²) in [6.07, 6.45) is -0.229. The summed E-state index contributed by atoms with van der Waals surface area (Å²) < 4.78 is 14.2. The van der Waals surface area contributed by atoms with E-state index in [2.05, 4.69) is 37.9 Å². The van der Waals surface area contributed by atoms with Gasteiger partial charge in [-0.15, -0.1) is 0 Å². The predicted octanol–water partition coefficient (Wildman–Crippen LogP) is 5.06. The number of benzene rings is 2. The fraction of sp³-hybridized carbons (Fsp3) is 0.440. The SMILES string of the molecule is Cc1ccc(CC(=O)Nc2cc(CC(=O)O)ccc2N(CC(C)C)CC(C)C)c(F)c1. The minimum Gasteiger partial charge on any atom is -0.481 e. The molecule has 6 heteroatoms. The third-order valence-electron chi connectivity index (χ3n) is 4.76. The van der Waals surface area contributed by atoms with Crippen LogP contribution in [-0.4, -0.2) is 30.1 Å². The van der Waals surface area contributed by atoms with E-state index in [0.717, 1.165) is 24.3 Å². The number of rotatable bonds is 10. The number of carbonyl (C=O) groups is 2. The van der Waals surface area contributed by atoms with Crippen molar-refractivity contribution in [2.45, 2.75) is 47.5 Å². The number of carbonyl (C=O) groups excluding carboxylic acids is 1. The Hall–Kier alpha value is -2.89. The van der Waals surface area contributed by atoms with E-state index in [1.807, 2.05) is 6.07 Å². The minimum atomic E-state index is -0.937. The molecular weight excluding hydrogens is 395 g/mol. The maximum absolute atomic E-state index is 14.2. The second kappa shape index (κ2) is 10.9. The van der Waals surface area contributed by atoms with E-state index >= 15 is 0 Å². The van der Waals surface area contributed by atoms with E-state index in [1.165, 1.54) is 6.07 Å². The molecule has 1 amide bonds. The molecule has 31 heavy (non-hydrogen) atoms. The van der Waals surface area contributed by atoms with Gasteiger partial charge in [-0.25, -0.2) is 4.39 Å². The van der Waals surface area contributed by atoms with Crippen LogP contribution in [0, 0.1) is 24.6 Å². The molecule has 0 aliphatic heterocycles. The fourth-order valence-electron chi connectivity index (χ4n) is 3.56. The van der Waals surface area contributed by atoms with Crippen LogP contribution < -0.4 is 10.2 Å². The summed E-state index contributed by atoms with van der Waals surface area (Å²) in [5.41, 5.74) is 3.12. The number of carboxylic acid groups (broad SMARTS) is 1. The second-order valence-electron chi connectivity index (χ2n) is 8.93. The first-order valence-electron chi connectivity index (χ1n) is 10.7. The van der Waals surface area contributed by atoms with Crippen molar-refractivity contribution in [1.82, 2.24) is 0 Å². The summed E-state index contributed by atoms with van der Waals surface area (Å²) in [5, 5.41) is 12.1. The van der Waals surface area contributed by atoms with Crippen molar-refractivity contribution in [2.24, 2.45) is 11.8 Å². The summed E-state index contributed by atoms with van der Waals surface area (Å²) in [7, 11) is 0. The lowest BCUT2D eigenvalue weighted by atomic mass is 10.1. The second-order valence-corrected chi connectivity index (χ2v) is 8.93. The first-order valence-corrected chi connectivity index (χ1v) is 10.7. The molecule has 0 saturated carbocycles. The van der Waals surface area contributed by atoms with Crippen LogP contribution in [0.3, 0.4) is 0 Å². The molecule has 2 rings (SSSR count). The molecule has 0 bridgehead atoms. The zero-order valence-electron chi connectivity index (χ0n) is 19.0. The number of amides is 1. The monoisotopic (exact) mass is 428 g/mol. The summed E-state index contributed by atoms with van der Waals surface area (Å²) in [5.74, 6) is -0.875. The Morgan fingerprint density at radius 3 is 2.19 bits per heavy atom. The zero-order chi connectivity index (χ0) is 23.1. The van der Waals surface area contributed by atoms with Crippen LogP contribution in [0.4, 0.5) is 15.8 Å². The van der Waals surface area contributed by atoms with Crippen molar-refractivity contribution in [3.8, 4) is 0 Å². The van der Waals surface area contributed by atoms with Crippen LogP contribution in [0.15, 0.2) is 36.4 Å². The van der Waals surface area contributed by atoms with E-state index in [-0.39, 0.29) is 18.7 Å². The molecule has 0 fully saturated rings. The number of halogens is 1. The Labute approximate surface area is 184 Å². The molecule has 0 aliphatic rings. The highest BCUT2D eigenvalue weighted by Crippen LogP contribution is 2.29. The first-order chi connectivity index (χ1) is 14.5. The van der Waals surface area contributed by atoms with Crippen molar-refractivity contribution in [2.75, 3.05) is 23.3 Å². The first kappa shape index (κ1) is 24.4. The van der Waals surface area contributed by atoms with Crippen molar-refractivity contribution < 1.29 is 19.1 Å². The Kier molecular flexibility index (Phi) is 8.60. The van der Waals surface area contributed by atoms with Gasteiger partial charge in [-0.05, 0) is 53.6 Å². The minimum absolute atomic E-state index is 0.0942. The number of aryl methyl sites for hydroxylation is 1. The zero-order valence-corrected chi connectivity index (χ0v) is 19.0. The Bertz CT molecular complexity index is 915. The molecule has 5 nitrogen and oxygen atoms in total. The number of carboxylic acids is 1. The molecule has 2 aromatic carbocycles. The lowest BCUT2D eigenvalue weighted by Crippen LogP contribution is -2.32. The van der Waals surface area contributed by atoms with E-state index < -0.39 is 11.8 Å².